The van der Waals surface area contributed by atoms with Crippen molar-refractivity contribution in [3.63, 3.8) is 0 Å². The highest BCUT2D eigenvalue weighted by atomic mass is 16.1. The van der Waals surface area contributed by atoms with Crippen molar-refractivity contribution in [1.82, 2.24) is 10.2 Å². The lowest BCUT2D eigenvalue weighted by Gasteiger charge is -2.30. The van der Waals surface area contributed by atoms with Crippen molar-refractivity contribution < 1.29 is 4.79 Å². The van der Waals surface area contributed by atoms with E-state index < -0.39 is 0 Å². The Morgan fingerprint density at radius 1 is 1.26 bits per heavy atom. The molecule has 0 unspecified atom stereocenters. The average molecular weight is 269 g/mol. The molecule has 112 valence electrons. The molecule has 1 rings (SSSR count). The molecule has 0 bridgehead atoms. The first-order chi connectivity index (χ1) is 8.91. The number of nitrogens with two attached hydrogens (primary N) is 1. The summed E-state index contributed by atoms with van der Waals surface area (Å²) in [5, 5.41) is 3.03. The van der Waals surface area contributed by atoms with Crippen LogP contribution >= 0.6 is 0 Å². The topological polar surface area (TPSA) is 58.4 Å². The van der Waals surface area contributed by atoms with Crippen molar-refractivity contribution in [3.05, 3.63) is 0 Å². The molecule has 0 aromatic rings. The van der Waals surface area contributed by atoms with Crippen LogP contribution in [0.2, 0.25) is 0 Å². The van der Waals surface area contributed by atoms with E-state index in [0.29, 0.717) is 24.4 Å². The zero-order chi connectivity index (χ0) is 14.4. The molecule has 4 heteroatoms. The van der Waals surface area contributed by atoms with E-state index in [0.717, 1.165) is 25.9 Å². The smallest absolute Gasteiger partial charge is 0.220 e. The fraction of sp³-hybridized carbons (Fsp3) is 0.933. The normalized spacial score (nSPS) is 23.6. The second-order valence-corrected chi connectivity index (χ2v) is 6.33. The lowest BCUT2D eigenvalue weighted by atomic mass is 10.00. The Morgan fingerprint density at radius 3 is 2.37 bits per heavy atom. The predicted molar refractivity (Wildman–Crippen MR) is 79.9 cm³/mol. The van der Waals surface area contributed by atoms with E-state index in [-0.39, 0.29) is 11.9 Å². The monoisotopic (exact) mass is 269 g/mol. The second kappa shape index (κ2) is 7.85. The average Bonchev–Trinajstić information content (AvgIpc) is 2.69. The van der Waals surface area contributed by atoms with Gasteiger partial charge < -0.3 is 11.1 Å². The van der Waals surface area contributed by atoms with Crippen molar-refractivity contribution in [3.8, 4) is 0 Å². The van der Waals surface area contributed by atoms with Crippen LogP contribution in [-0.4, -0.2) is 42.0 Å². The zero-order valence-electron chi connectivity index (χ0n) is 13.0. The van der Waals surface area contributed by atoms with Gasteiger partial charge in [-0.1, -0.05) is 6.42 Å². The zero-order valence-corrected chi connectivity index (χ0v) is 13.0. The van der Waals surface area contributed by atoms with Gasteiger partial charge in [-0.3, -0.25) is 9.69 Å². The van der Waals surface area contributed by atoms with Crippen molar-refractivity contribution in [1.29, 1.82) is 0 Å². The minimum absolute atomic E-state index is 0.162. The highest BCUT2D eigenvalue weighted by Crippen LogP contribution is 2.26. The van der Waals surface area contributed by atoms with Gasteiger partial charge in [0, 0.05) is 37.6 Å². The summed E-state index contributed by atoms with van der Waals surface area (Å²) in [5.41, 5.74) is 6.00. The Kier molecular flexibility index (Phi) is 6.80. The van der Waals surface area contributed by atoms with E-state index in [2.05, 4.69) is 37.9 Å². The Bertz CT molecular complexity index is 271. The fourth-order valence-corrected chi connectivity index (χ4v) is 3.07. The molecule has 19 heavy (non-hydrogen) atoms. The van der Waals surface area contributed by atoms with E-state index in [1.165, 1.54) is 6.42 Å². The summed E-state index contributed by atoms with van der Waals surface area (Å²) in [5.74, 6) is 0.557. The number of amides is 1. The molecule has 3 N–H and O–H groups in total. The molecule has 1 saturated carbocycles. The van der Waals surface area contributed by atoms with Crippen LogP contribution in [0.25, 0.3) is 0 Å². The standard InChI is InChI=1S/C15H31N3O/c1-11(2)18(12(3)4)9-8-17-15(19)10-13-6-5-7-14(13)16/h11-14H,5-10,16H2,1-4H3,(H,17,19)/t13-,14+/m0/s1. The largest absolute Gasteiger partial charge is 0.355 e. The summed E-state index contributed by atoms with van der Waals surface area (Å²) >= 11 is 0. The molecule has 1 amide bonds. The van der Waals surface area contributed by atoms with Crippen LogP contribution in [0.5, 0.6) is 0 Å². The number of nitrogens with one attached hydrogen (secondary N) is 1. The van der Waals surface area contributed by atoms with Crippen LogP contribution in [0.4, 0.5) is 0 Å². The highest BCUT2D eigenvalue weighted by Gasteiger charge is 2.25. The van der Waals surface area contributed by atoms with Gasteiger partial charge >= 0.3 is 0 Å². The molecular formula is C15H31N3O. The molecule has 0 heterocycles. The molecule has 2 atom stereocenters. The Morgan fingerprint density at radius 2 is 1.89 bits per heavy atom. The van der Waals surface area contributed by atoms with Gasteiger partial charge in [0.05, 0.1) is 0 Å². The van der Waals surface area contributed by atoms with E-state index in [9.17, 15) is 4.79 Å². The molecule has 1 aliphatic carbocycles. The maximum Gasteiger partial charge on any atom is 0.220 e. The number of nitrogens with zero attached hydrogens (tertiary/aromatic N) is 1. The number of carbonyl (C=O) groups excluding carboxylic acids is 1. The third-order valence-electron chi connectivity index (χ3n) is 4.18. The predicted octanol–water partition coefficient (Wildman–Crippen LogP) is 1.74. The van der Waals surface area contributed by atoms with Crippen molar-refractivity contribution in [2.24, 2.45) is 11.7 Å². The van der Waals surface area contributed by atoms with Gasteiger partial charge in [0.1, 0.15) is 0 Å². The summed E-state index contributed by atoms with van der Waals surface area (Å²) in [7, 11) is 0. The SMILES string of the molecule is CC(C)N(CCNC(=O)C[C@@H]1CCC[C@H]1N)C(C)C. The summed E-state index contributed by atoms with van der Waals surface area (Å²) in [4.78, 5) is 14.3. The van der Waals surface area contributed by atoms with Gasteiger partial charge in [-0.05, 0) is 46.5 Å². The molecule has 1 fully saturated rings. The fourth-order valence-electron chi connectivity index (χ4n) is 3.07. The minimum Gasteiger partial charge on any atom is -0.355 e. The molecule has 1 aliphatic rings. The Labute approximate surface area is 118 Å². The maximum atomic E-state index is 11.9. The Balaban J connectivity index is 2.22. The van der Waals surface area contributed by atoms with Crippen LogP contribution in [-0.2, 0) is 4.79 Å². The Hall–Kier alpha value is -0.610. The number of hydrogen-bond donors (Lipinski definition) is 2. The molecule has 0 aliphatic heterocycles. The lowest BCUT2D eigenvalue weighted by molar-refractivity contribution is -0.122. The molecule has 0 radical (unpaired) electrons. The number of hydrogen-bond acceptors (Lipinski definition) is 3. The van der Waals surface area contributed by atoms with Gasteiger partial charge in [-0.15, -0.1) is 0 Å². The van der Waals surface area contributed by atoms with Gasteiger partial charge in [-0.25, -0.2) is 0 Å². The van der Waals surface area contributed by atoms with Crippen LogP contribution in [0.1, 0.15) is 53.4 Å². The van der Waals surface area contributed by atoms with Crippen molar-refractivity contribution >= 4 is 5.91 Å². The molecule has 0 saturated heterocycles. The molecule has 0 aromatic carbocycles. The summed E-state index contributed by atoms with van der Waals surface area (Å²) in [6.45, 7) is 10.4. The quantitative estimate of drug-likeness (QED) is 0.740. The second-order valence-electron chi connectivity index (χ2n) is 6.33. The van der Waals surface area contributed by atoms with Gasteiger partial charge in [0.15, 0.2) is 0 Å². The summed E-state index contributed by atoms with van der Waals surface area (Å²) < 4.78 is 0. The third-order valence-corrected chi connectivity index (χ3v) is 4.18. The van der Waals surface area contributed by atoms with E-state index in [4.69, 9.17) is 5.73 Å². The van der Waals surface area contributed by atoms with E-state index >= 15 is 0 Å². The van der Waals surface area contributed by atoms with Gasteiger partial charge in [-0.2, -0.15) is 0 Å². The van der Waals surface area contributed by atoms with Crippen LogP contribution in [0.15, 0.2) is 0 Å². The summed E-state index contributed by atoms with van der Waals surface area (Å²) in [6.07, 6.45) is 3.96. The number of rotatable bonds is 7. The van der Waals surface area contributed by atoms with Crippen molar-refractivity contribution in [2.45, 2.75) is 71.5 Å². The molecule has 0 spiro atoms. The summed E-state index contributed by atoms with van der Waals surface area (Å²) in [6, 6.07) is 1.26. The lowest BCUT2D eigenvalue weighted by Crippen LogP contribution is -2.43. The van der Waals surface area contributed by atoms with Crippen LogP contribution in [0, 0.1) is 5.92 Å². The van der Waals surface area contributed by atoms with Crippen LogP contribution < -0.4 is 11.1 Å². The third kappa shape index (κ3) is 5.49. The first-order valence-corrected chi connectivity index (χ1v) is 7.69. The van der Waals surface area contributed by atoms with Crippen LogP contribution in [0.3, 0.4) is 0 Å². The minimum atomic E-state index is 0.162. The van der Waals surface area contributed by atoms with E-state index in [1.54, 1.807) is 0 Å². The highest BCUT2D eigenvalue weighted by molar-refractivity contribution is 5.76. The first-order valence-electron chi connectivity index (χ1n) is 7.69. The number of carbonyl (C=O) groups is 1. The molecule has 4 nitrogen and oxygen atoms in total. The van der Waals surface area contributed by atoms with Gasteiger partial charge in [0.2, 0.25) is 5.91 Å². The molecular weight excluding hydrogens is 238 g/mol. The van der Waals surface area contributed by atoms with Gasteiger partial charge in [0.25, 0.3) is 0 Å². The van der Waals surface area contributed by atoms with Crippen molar-refractivity contribution in [2.75, 3.05) is 13.1 Å². The maximum absolute atomic E-state index is 11.9. The first kappa shape index (κ1) is 16.4. The van der Waals surface area contributed by atoms with E-state index in [1.807, 2.05) is 0 Å². The molecule has 0 aromatic heterocycles.